The zero-order chi connectivity index (χ0) is 16.9. The molecule has 0 spiro atoms. The number of aromatic nitrogens is 2. The molecule has 0 fully saturated rings. The number of hydrogen-bond acceptors (Lipinski definition) is 2. The van der Waals surface area contributed by atoms with Crippen LogP contribution in [0.1, 0.15) is 22.5 Å². The van der Waals surface area contributed by atoms with E-state index in [2.05, 4.69) is 27.7 Å². The Morgan fingerprint density at radius 2 is 1.96 bits per heavy atom. The van der Waals surface area contributed by atoms with Gasteiger partial charge in [0.05, 0.1) is 5.69 Å². The Hall–Kier alpha value is -2.88. The molecule has 0 aliphatic heterocycles. The van der Waals surface area contributed by atoms with E-state index >= 15 is 0 Å². The molecule has 0 aliphatic rings. The van der Waals surface area contributed by atoms with Crippen LogP contribution < -0.4 is 5.32 Å². The zero-order valence-corrected chi connectivity index (χ0v) is 14.0. The van der Waals surface area contributed by atoms with E-state index in [9.17, 15) is 4.79 Å². The lowest BCUT2D eigenvalue weighted by Crippen LogP contribution is -2.23. The summed E-state index contributed by atoms with van der Waals surface area (Å²) in [7, 11) is 0. The van der Waals surface area contributed by atoms with Crippen LogP contribution in [-0.2, 0) is 11.2 Å². The Balaban J connectivity index is 1.52. The second-order valence-corrected chi connectivity index (χ2v) is 5.91. The lowest BCUT2D eigenvalue weighted by molar-refractivity contribution is -0.116. The molecule has 0 saturated carbocycles. The molecule has 4 nitrogen and oxygen atoms in total. The first kappa shape index (κ1) is 16.0. The summed E-state index contributed by atoms with van der Waals surface area (Å²) in [5, 5.41) is 2.90. The van der Waals surface area contributed by atoms with Gasteiger partial charge in [-0.1, -0.05) is 35.9 Å². The molecule has 122 valence electrons. The van der Waals surface area contributed by atoms with Gasteiger partial charge in [-0.05, 0) is 37.6 Å². The lowest BCUT2D eigenvalue weighted by atomic mass is 10.1. The Kier molecular flexibility index (Phi) is 4.75. The van der Waals surface area contributed by atoms with Crippen LogP contribution in [0, 0.1) is 13.8 Å². The fraction of sp³-hybridized carbons (Fsp3) is 0.200. The van der Waals surface area contributed by atoms with Crippen LogP contribution in [0.15, 0.2) is 54.7 Å². The van der Waals surface area contributed by atoms with Gasteiger partial charge in [0.25, 0.3) is 0 Å². The first-order valence-electron chi connectivity index (χ1n) is 8.08. The predicted octanol–water partition coefficient (Wildman–Crippen LogP) is 3.32. The quantitative estimate of drug-likeness (QED) is 0.733. The molecule has 2 aromatic heterocycles. The van der Waals surface area contributed by atoms with E-state index in [4.69, 9.17) is 0 Å². The molecule has 0 aliphatic carbocycles. The molecule has 3 rings (SSSR count). The number of nitrogens with zero attached hydrogens (tertiary/aromatic N) is 2. The highest BCUT2D eigenvalue weighted by molar-refractivity contribution is 5.91. The fourth-order valence-corrected chi connectivity index (χ4v) is 2.54. The molecule has 0 saturated heterocycles. The number of aryl methyl sites for hydroxylation is 2. The number of hydrogen-bond donors (Lipinski definition) is 1. The maximum absolute atomic E-state index is 11.9. The van der Waals surface area contributed by atoms with Gasteiger partial charge in [-0.15, -0.1) is 0 Å². The molecular formula is C20H21N3O. The molecule has 1 aromatic carbocycles. The summed E-state index contributed by atoms with van der Waals surface area (Å²) >= 11 is 0. The number of carbonyl (C=O) groups excluding carboxylic acids is 1. The monoisotopic (exact) mass is 319 g/mol. The van der Waals surface area contributed by atoms with E-state index in [1.165, 1.54) is 5.56 Å². The molecule has 0 radical (unpaired) electrons. The van der Waals surface area contributed by atoms with Crippen molar-refractivity contribution < 1.29 is 4.79 Å². The summed E-state index contributed by atoms with van der Waals surface area (Å²) in [6.45, 7) is 4.66. The SMILES string of the molecule is Cc1ccc(/C=C/C(=O)NCCc2cn3c(C)cccc3n2)cc1. The van der Waals surface area contributed by atoms with E-state index in [1.54, 1.807) is 6.08 Å². The minimum Gasteiger partial charge on any atom is -0.352 e. The Bertz CT molecular complexity index is 876. The molecule has 0 unspecified atom stereocenters. The van der Waals surface area contributed by atoms with Gasteiger partial charge in [0.1, 0.15) is 5.65 Å². The van der Waals surface area contributed by atoms with E-state index in [0.29, 0.717) is 13.0 Å². The number of nitrogens with one attached hydrogen (secondary N) is 1. The van der Waals surface area contributed by atoms with Crippen molar-refractivity contribution in [2.45, 2.75) is 20.3 Å². The number of imidazole rings is 1. The van der Waals surface area contributed by atoms with E-state index in [-0.39, 0.29) is 5.91 Å². The van der Waals surface area contributed by atoms with E-state index < -0.39 is 0 Å². The third-order valence-corrected chi connectivity index (χ3v) is 3.93. The molecule has 0 bridgehead atoms. The summed E-state index contributed by atoms with van der Waals surface area (Å²) in [5.41, 5.74) is 5.30. The van der Waals surface area contributed by atoms with Crippen molar-refractivity contribution >= 4 is 17.6 Å². The van der Waals surface area contributed by atoms with Crippen LogP contribution >= 0.6 is 0 Å². The minimum absolute atomic E-state index is 0.0875. The summed E-state index contributed by atoms with van der Waals surface area (Å²) in [6.07, 6.45) is 6.13. The van der Waals surface area contributed by atoms with Crippen molar-refractivity contribution in [2.24, 2.45) is 0 Å². The maximum Gasteiger partial charge on any atom is 0.244 e. The molecule has 3 aromatic rings. The molecule has 4 heteroatoms. The molecule has 24 heavy (non-hydrogen) atoms. The van der Waals surface area contributed by atoms with Gasteiger partial charge in [-0.3, -0.25) is 4.79 Å². The number of pyridine rings is 1. The van der Waals surface area contributed by atoms with Crippen molar-refractivity contribution in [1.82, 2.24) is 14.7 Å². The standard InChI is InChI=1S/C20H21N3O/c1-15-6-8-17(9-7-15)10-11-20(24)21-13-12-18-14-23-16(2)4-3-5-19(23)22-18/h3-11,14H,12-13H2,1-2H3,(H,21,24)/b11-10+. The Morgan fingerprint density at radius 1 is 1.17 bits per heavy atom. The highest BCUT2D eigenvalue weighted by Crippen LogP contribution is 2.08. The summed E-state index contributed by atoms with van der Waals surface area (Å²) in [4.78, 5) is 16.4. The van der Waals surface area contributed by atoms with Crippen LogP contribution in [0.5, 0.6) is 0 Å². The number of benzene rings is 1. The second kappa shape index (κ2) is 7.13. The fourth-order valence-electron chi connectivity index (χ4n) is 2.54. The van der Waals surface area contributed by atoms with Gasteiger partial charge in [0, 0.05) is 30.9 Å². The van der Waals surface area contributed by atoms with Gasteiger partial charge in [-0.25, -0.2) is 4.98 Å². The number of rotatable bonds is 5. The molecule has 2 heterocycles. The topological polar surface area (TPSA) is 46.4 Å². The van der Waals surface area contributed by atoms with Gasteiger partial charge >= 0.3 is 0 Å². The summed E-state index contributed by atoms with van der Waals surface area (Å²) < 4.78 is 2.06. The van der Waals surface area contributed by atoms with Gasteiger partial charge in [-0.2, -0.15) is 0 Å². The number of fused-ring (bicyclic) bond motifs is 1. The third-order valence-electron chi connectivity index (χ3n) is 3.93. The highest BCUT2D eigenvalue weighted by atomic mass is 16.1. The number of amides is 1. The van der Waals surface area contributed by atoms with E-state index in [1.807, 2.05) is 55.6 Å². The maximum atomic E-state index is 11.9. The van der Waals surface area contributed by atoms with Gasteiger partial charge in [0.15, 0.2) is 0 Å². The largest absolute Gasteiger partial charge is 0.352 e. The normalized spacial score (nSPS) is 11.2. The van der Waals surface area contributed by atoms with Crippen LogP contribution in [0.25, 0.3) is 11.7 Å². The average Bonchev–Trinajstić information content (AvgIpc) is 2.99. The minimum atomic E-state index is -0.0875. The zero-order valence-electron chi connectivity index (χ0n) is 14.0. The van der Waals surface area contributed by atoms with Crippen molar-refractivity contribution in [2.75, 3.05) is 6.54 Å². The molecule has 1 amide bonds. The third kappa shape index (κ3) is 3.90. The first-order valence-corrected chi connectivity index (χ1v) is 8.08. The smallest absolute Gasteiger partial charge is 0.244 e. The van der Waals surface area contributed by atoms with Crippen molar-refractivity contribution in [3.63, 3.8) is 0 Å². The van der Waals surface area contributed by atoms with Gasteiger partial charge in [0.2, 0.25) is 5.91 Å². The van der Waals surface area contributed by atoms with Crippen LogP contribution in [0.4, 0.5) is 0 Å². The Morgan fingerprint density at radius 3 is 2.71 bits per heavy atom. The molecule has 1 N–H and O–H groups in total. The van der Waals surface area contributed by atoms with Crippen LogP contribution in [0.2, 0.25) is 0 Å². The molecular weight excluding hydrogens is 298 g/mol. The average molecular weight is 319 g/mol. The molecule has 0 atom stereocenters. The van der Waals surface area contributed by atoms with Crippen LogP contribution in [-0.4, -0.2) is 21.8 Å². The van der Waals surface area contributed by atoms with Crippen molar-refractivity contribution in [1.29, 1.82) is 0 Å². The summed E-state index contributed by atoms with van der Waals surface area (Å²) in [6, 6.07) is 14.1. The van der Waals surface area contributed by atoms with Crippen molar-refractivity contribution in [3.8, 4) is 0 Å². The predicted molar refractivity (Wildman–Crippen MR) is 96.9 cm³/mol. The second-order valence-electron chi connectivity index (χ2n) is 5.91. The van der Waals surface area contributed by atoms with Gasteiger partial charge < -0.3 is 9.72 Å². The van der Waals surface area contributed by atoms with Crippen LogP contribution in [0.3, 0.4) is 0 Å². The Labute approximate surface area is 141 Å². The van der Waals surface area contributed by atoms with E-state index in [0.717, 1.165) is 22.6 Å². The van der Waals surface area contributed by atoms with Crippen molar-refractivity contribution in [3.05, 3.63) is 77.3 Å². The summed E-state index contributed by atoms with van der Waals surface area (Å²) in [5.74, 6) is -0.0875. The number of carbonyl (C=O) groups is 1. The lowest BCUT2D eigenvalue weighted by Gasteiger charge is -2.00. The first-order chi connectivity index (χ1) is 11.6. The highest BCUT2D eigenvalue weighted by Gasteiger charge is 2.03.